The zero-order valence-corrected chi connectivity index (χ0v) is 15.7. The van der Waals surface area contributed by atoms with Crippen molar-refractivity contribution in [3.05, 3.63) is 41.1 Å². The number of benzene rings is 1. The van der Waals surface area contributed by atoms with E-state index in [0.29, 0.717) is 23.8 Å². The smallest absolute Gasteiger partial charge is 0.253 e. The highest BCUT2D eigenvalue weighted by atomic mass is 32.1. The third-order valence-electron chi connectivity index (χ3n) is 4.49. The lowest BCUT2D eigenvalue weighted by atomic mass is 9.93. The van der Waals surface area contributed by atoms with Gasteiger partial charge in [-0.05, 0) is 39.1 Å². The lowest BCUT2D eigenvalue weighted by molar-refractivity contribution is -0.127. The minimum Gasteiger partial charge on any atom is -0.496 e. The molecule has 130 valence electrons. The normalized spacial score (nSPS) is 17.6. The second-order valence-electron chi connectivity index (χ2n) is 5.66. The molecule has 0 saturated carbocycles. The van der Waals surface area contributed by atoms with Gasteiger partial charge < -0.3 is 19.9 Å². The van der Waals surface area contributed by atoms with Crippen LogP contribution in [0.1, 0.15) is 32.4 Å². The standard InChI is InChI=1S/C18H25N3O2S/c1-6-21(7-2)17(22)15-12(3)20(4)18(24)19-16(15)13-10-8-9-11-14(13)23-5/h8-11,16H,6-7H2,1-5H3,(H,19,24)/t16-/m0/s1. The number of likely N-dealkylation sites (N-methyl/N-ethyl adjacent to an activating group) is 1. The molecule has 1 aliphatic heterocycles. The van der Waals surface area contributed by atoms with Crippen LogP contribution < -0.4 is 10.1 Å². The molecular weight excluding hydrogens is 322 g/mol. The van der Waals surface area contributed by atoms with E-state index in [-0.39, 0.29) is 11.9 Å². The SMILES string of the molecule is CCN(CC)C(=O)C1=C(C)N(C)C(=S)N[C@H]1c1ccccc1OC. The first-order valence-electron chi connectivity index (χ1n) is 8.13. The molecule has 1 amide bonds. The number of ether oxygens (including phenoxy) is 1. The van der Waals surface area contributed by atoms with Crippen LogP contribution in [0.5, 0.6) is 5.75 Å². The van der Waals surface area contributed by atoms with E-state index in [4.69, 9.17) is 17.0 Å². The van der Waals surface area contributed by atoms with Crippen LogP contribution in [0, 0.1) is 0 Å². The molecule has 0 aliphatic carbocycles. The van der Waals surface area contributed by atoms with E-state index in [1.807, 2.05) is 61.9 Å². The summed E-state index contributed by atoms with van der Waals surface area (Å²) in [5.41, 5.74) is 2.48. The van der Waals surface area contributed by atoms with Crippen LogP contribution in [0.25, 0.3) is 0 Å². The van der Waals surface area contributed by atoms with Gasteiger partial charge in [0.05, 0.1) is 18.7 Å². The van der Waals surface area contributed by atoms with E-state index in [9.17, 15) is 4.79 Å². The van der Waals surface area contributed by atoms with Crippen LogP contribution in [0.4, 0.5) is 0 Å². The molecule has 0 unspecified atom stereocenters. The molecule has 6 heteroatoms. The predicted molar refractivity (Wildman–Crippen MR) is 99.9 cm³/mol. The van der Waals surface area contributed by atoms with Crippen LogP contribution >= 0.6 is 12.2 Å². The van der Waals surface area contributed by atoms with Gasteiger partial charge in [-0.25, -0.2) is 0 Å². The molecule has 24 heavy (non-hydrogen) atoms. The third-order valence-corrected chi connectivity index (χ3v) is 4.88. The third kappa shape index (κ3) is 3.24. The van der Waals surface area contributed by atoms with E-state index in [0.717, 1.165) is 17.0 Å². The zero-order valence-electron chi connectivity index (χ0n) is 14.9. The monoisotopic (exact) mass is 347 g/mol. The fourth-order valence-electron chi connectivity index (χ4n) is 2.93. The van der Waals surface area contributed by atoms with Crippen LogP contribution in [0.3, 0.4) is 0 Å². The van der Waals surface area contributed by atoms with Crippen molar-refractivity contribution < 1.29 is 9.53 Å². The van der Waals surface area contributed by atoms with Crippen molar-refractivity contribution >= 4 is 23.2 Å². The Hall–Kier alpha value is -2.08. The summed E-state index contributed by atoms with van der Waals surface area (Å²) in [4.78, 5) is 16.8. The maximum absolute atomic E-state index is 13.1. The highest BCUT2D eigenvalue weighted by Crippen LogP contribution is 2.35. The summed E-state index contributed by atoms with van der Waals surface area (Å²) in [6.45, 7) is 7.24. The van der Waals surface area contributed by atoms with Gasteiger partial charge >= 0.3 is 0 Å². The van der Waals surface area contributed by atoms with E-state index in [1.165, 1.54) is 0 Å². The molecule has 0 fully saturated rings. The van der Waals surface area contributed by atoms with Gasteiger partial charge in [0.15, 0.2) is 5.11 Å². The minimum absolute atomic E-state index is 0.0234. The van der Waals surface area contributed by atoms with Gasteiger partial charge in [-0.15, -0.1) is 0 Å². The minimum atomic E-state index is -0.321. The Morgan fingerprint density at radius 2 is 1.96 bits per heavy atom. The van der Waals surface area contributed by atoms with Gasteiger partial charge in [-0.3, -0.25) is 4.79 Å². The summed E-state index contributed by atoms with van der Waals surface area (Å²) in [7, 11) is 3.51. The Bertz CT molecular complexity index is 668. The van der Waals surface area contributed by atoms with Crippen molar-refractivity contribution in [3.8, 4) is 5.75 Å². The number of amides is 1. The molecule has 0 spiro atoms. The number of hydrogen-bond donors (Lipinski definition) is 1. The molecule has 1 atom stereocenters. The highest BCUT2D eigenvalue weighted by molar-refractivity contribution is 7.80. The molecule has 5 nitrogen and oxygen atoms in total. The molecule has 0 aromatic heterocycles. The molecule has 0 bridgehead atoms. The lowest BCUT2D eigenvalue weighted by Gasteiger charge is -2.37. The number of nitrogens with zero attached hydrogens (tertiary/aromatic N) is 2. The molecule has 0 radical (unpaired) electrons. The molecule has 1 aromatic carbocycles. The Kier molecular flexibility index (Phi) is 5.83. The quantitative estimate of drug-likeness (QED) is 0.830. The second-order valence-corrected chi connectivity index (χ2v) is 6.05. The molecule has 1 aliphatic rings. The molecular formula is C18H25N3O2S. The first kappa shape index (κ1) is 18.3. The van der Waals surface area contributed by atoms with Gasteiger partial charge in [0.2, 0.25) is 0 Å². The maximum atomic E-state index is 13.1. The number of nitrogens with one attached hydrogen (secondary N) is 1. The van der Waals surface area contributed by atoms with Crippen LogP contribution in [0.15, 0.2) is 35.5 Å². The topological polar surface area (TPSA) is 44.8 Å². The second kappa shape index (κ2) is 7.66. The summed E-state index contributed by atoms with van der Waals surface area (Å²) in [5, 5.41) is 3.89. The van der Waals surface area contributed by atoms with E-state index in [2.05, 4.69) is 5.32 Å². The van der Waals surface area contributed by atoms with Crippen molar-refractivity contribution in [2.75, 3.05) is 27.2 Å². The van der Waals surface area contributed by atoms with E-state index >= 15 is 0 Å². The van der Waals surface area contributed by atoms with Crippen molar-refractivity contribution in [1.29, 1.82) is 0 Å². The van der Waals surface area contributed by atoms with Gasteiger partial charge in [-0.2, -0.15) is 0 Å². The molecule has 1 aromatic rings. The fourth-order valence-corrected chi connectivity index (χ4v) is 3.19. The Balaban J connectivity index is 2.59. The number of thiocarbonyl (C=S) groups is 1. The van der Waals surface area contributed by atoms with Gasteiger partial charge in [-0.1, -0.05) is 18.2 Å². The number of methoxy groups -OCH3 is 1. The van der Waals surface area contributed by atoms with Gasteiger partial charge in [0, 0.05) is 31.4 Å². The van der Waals surface area contributed by atoms with Crippen molar-refractivity contribution in [2.24, 2.45) is 0 Å². The average molecular weight is 347 g/mol. The molecule has 0 saturated heterocycles. The first-order chi connectivity index (χ1) is 11.5. The van der Waals surface area contributed by atoms with Crippen LogP contribution in [0.2, 0.25) is 0 Å². The fraction of sp³-hybridized carbons (Fsp3) is 0.444. The predicted octanol–water partition coefficient (Wildman–Crippen LogP) is 2.70. The number of carbonyl (C=O) groups excluding carboxylic acids is 1. The Morgan fingerprint density at radius 3 is 2.54 bits per heavy atom. The Morgan fingerprint density at radius 1 is 1.33 bits per heavy atom. The lowest BCUT2D eigenvalue weighted by Crippen LogP contribution is -2.48. The number of para-hydroxylation sites is 1. The summed E-state index contributed by atoms with van der Waals surface area (Å²) < 4.78 is 5.49. The van der Waals surface area contributed by atoms with Crippen molar-refractivity contribution in [1.82, 2.24) is 15.1 Å². The summed E-state index contributed by atoms with van der Waals surface area (Å²) >= 11 is 5.44. The maximum Gasteiger partial charge on any atom is 0.253 e. The Labute approximate surface area is 149 Å². The largest absolute Gasteiger partial charge is 0.496 e. The first-order valence-corrected chi connectivity index (χ1v) is 8.54. The molecule has 1 heterocycles. The van der Waals surface area contributed by atoms with E-state index in [1.54, 1.807) is 7.11 Å². The molecule has 2 rings (SSSR count). The van der Waals surface area contributed by atoms with Gasteiger partial charge in [0.25, 0.3) is 5.91 Å². The van der Waals surface area contributed by atoms with Gasteiger partial charge in [0.1, 0.15) is 5.75 Å². The number of allylic oxidation sites excluding steroid dienone is 1. The molecule has 1 N–H and O–H groups in total. The average Bonchev–Trinajstić information content (AvgIpc) is 2.60. The number of carbonyl (C=O) groups is 1. The summed E-state index contributed by atoms with van der Waals surface area (Å²) in [6.07, 6.45) is 0. The highest BCUT2D eigenvalue weighted by Gasteiger charge is 2.35. The zero-order chi connectivity index (χ0) is 17.9. The number of hydrogen-bond acceptors (Lipinski definition) is 3. The number of rotatable bonds is 5. The van der Waals surface area contributed by atoms with E-state index < -0.39 is 0 Å². The summed E-state index contributed by atoms with van der Waals surface area (Å²) in [5.74, 6) is 0.759. The van der Waals surface area contributed by atoms with Crippen molar-refractivity contribution in [2.45, 2.75) is 26.8 Å². The summed E-state index contributed by atoms with van der Waals surface area (Å²) in [6, 6.07) is 7.40. The van der Waals surface area contributed by atoms with Crippen molar-refractivity contribution in [3.63, 3.8) is 0 Å². The van der Waals surface area contributed by atoms with Crippen LogP contribution in [-0.4, -0.2) is 48.1 Å². The van der Waals surface area contributed by atoms with Crippen LogP contribution in [-0.2, 0) is 4.79 Å².